The van der Waals surface area contributed by atoms with Crippen LogP contribution in [0.1, 0.15) is 28.5 Å². The van der Waals surface area contributed by atoms with Crippen molar-refractivity contribution in [3.8, 4) is 11.5 Å². The number of hydrogen-bond donors (Lipinski definition) is 0. The quantitative estimate of drug-likeness (QED) is 0.570. The Bertz CT molecular complexity index is 1090. The van der Waals surface area contributed by atoms with Crippen molar-refractivity contribution >= 4 is 34.0 Å². The number of rotatable bonds is 5. The van der Waals surface area contributed by atoms with Crippen LogP contribution in [0.4, 0.5) is 10.8 Å². The SMILES string of the molecule is CC(=O)N(c1cccc(C)c1)c1nc(COC(=O)c2ccc3c(c2)OCCO3)cs1. The van der Waals surface area contributed by atoms with Gasteiger partial charge in [-0.3, -0.25) is 9.69 Å². The van der Waals surface area contributed by atoms with Crippen molar-refractivity contribution in [1.29, 1.82) is 0 Å². The van der Waals surface area contributed by atoms with Gasteiger partial charge in [-0.05, 0) is 42.8 Å². The fourth-order valence-corrected chi connectivity index (χ4v) is 3.92. The molecule has 0 aliphatic carbocycles. The van der Waals surface area contributed by atoms with Crippen molar-refractivity contribution in [2.75, 3.05) is 18.1 Å². The number of thiazole rings is 1. The average molecular weight is 424 g/mol. The minimum Gasteiger partial charge on any atom is -0.486 e. The van der Waals surface area contributed by atoms with Crippen molar-refractivity contribution in [3.05, 3.63) is 64.7 Å². The van der Waals surface area contributed by atoms with Crippen LogP contribution in [-0.4, -0.2) is 30.1 Å². The molecule has 0 fully saturated rings. The number of aryl methyl sites for hydroxylation is 1. The van der Waals surface area contributed by atoms with Gasteiger partial charge in [0.1, 0.15) is 19.8 Å². The van der Waals surface area contributed by atoms with Gasteiger partial charge in [0, 0.05) is 12.3 Å². The molecule has 0 radical (unpaired) electrons. The lowest BCUT2D eigenvalue weighted by atomic mass is 10.2. The molecular weight excluding hydrogens is 404 g/mol. The van der Waals surface area contributed by atoms with Crippen LogP contribution in [0.2, 0.25) is 0 Å². The maximum atomic E-state index is 12.4. The van der Waals surface area contributed by atoms with Crippen molar-refractivity contribution in [2.24, 2.45) is 0 Å². The van der Waals surface area contributed by atoms with Gasteiger partial charge in [0.05, 0.1) is 16.9 Å². The van der Waals surface area contributed by atoms with E-state index in [1.54, 1.807) is 28.5 Å². The molecule has 7 nitrogen and oxygen atoms in total. The third-order valence-electron chi connectivity index (χ3n) is 4.43. The van der Waals surface area contributed by atoms with E-state index in [1.165, 1.54) is 18.3 Å². The smallest absolute Gasteiger partial charge is 0.338 e. The molecule has 0 N–H and O–H groups in total. The molecule has 154 valence electrons. The predicted molar refractivity (Wildman–Crippen MR) is 113 cm³/mol. The molecule has 1 aliphatic rings. The van der Waals surface area contributed by atoms with Gasteiger partial charge in [-0.2, -0.15) is 0 Å². The van der Waals surface area contributed by atoms with Crippen molar-refractivity contribution in [3.63, 3.8) is 0 Å². The van der Waals surface area contributed by atoms with E-state index in [0.717, 1.165) is 11.3 Å². The Morgan fingerprint density at radius 2 is 1.93 bits per heavy atom. The fourth-order valence-electron chi connectivity index (χ4n) is 3.05. The summed E-state index contributed by atoms with van der Waals surface area (Å²) in [5.41, 5.74) is 2.74. The minimum atomic E-state index is -0.483. The Labute approximate surface area is 177 Å². The predicted octanol–water partition coefficient (Wildman–Crippen LogP) is 4.26. The Hall–Kier alpha value is -3.39. The first-order valence-electron chi connectivity index (χ1n) is 9.40. The van der Waals surface area contributed by atoms with E-state index in [-0.39, 0.29) is 12.5 Å². The van der Waals surface area contributed by atoms with Crippen LogP contribution in [0, 0.1) is 6.92 Å². The third-order valence-corrected chi connectivity index (χ3v) is 5.31. The first kappa shape index (κ1) is 19.9. The molecule has 4 rings (SSSR count). The molecule has 0 saturated carbocycles. The number of carbonyl (C=O) groups excluding carboxylic acids is 2. The number of carbonyl (C=O) groups is 2. The summed E-state index contributed by atoms with van der Waals surface area (Å²) in [5, 5.41) is 2.30. The van der Waals surface area contributed by atoms with Gasteiger partial charge in [0.15, 0.2) is 16.6 Å². The molecule has 1 aromatic heterocycles. The summed E-state index contributed by atoms with van der Waals surface area (Å²) < 4.78 is 16.3. The summed E-state index contributed by atoms with van der Waals surface area (Å²) in [7, 11) is 0. The second-order valence-corrected chi connectivity index (χ2v) is 7.59. The molecule has 0 saturated heterocycles. The molecule has 1 aliphatic heterocycles. The number of ether oxygens (including phenoxy) is 3. The Morgan fingerprint density at radius 1 is 1.13 bits per heavy atom. The molecule has 0 atom stereocenters. The number of fused-ring (bicyclic) bond motifs is 1. The lowest BCUT2D eigenvalue weighted by Crippen LogP contribution is -2.22. The van der Waals surface area contributed by atoms with Crippen LogP contribution >= 0.6 is 11.3 Å². The van der Waals surface area contributed by atoms with Gasteiger partial charge in [0.25, 0.3) is 0 Å². The topological polar surface area (TPSA) is 78.0 Å². The summed E-state index contributed by atoms with van der Waals surface area (Å²) in [4.78, 5) is 30.6. The molecule has 0 spiro atoms. The van der Waals surface area contributed by atoms with E-state index in [2.05, 4.69) is 4.98 Å². The summed E-state index contributed by atoms with van der Waals surface area (Å²) in [6, 6.07) is 12.6. The van der Waals surface area contributed by atoms with Crippen molar-refractivity contribution in [1.82, 2.24) is 4.98 Å². The summed E-state index contributed by atoms with van der Waals surface area (Å²) in [5.74, 6) is 0.516. The van der Waals surface area contributed by atoms with Gasteiger partial charge in [0.2, 0.25) is 5.91 Å². The van der Waals surface area contributed by atoms with E-state index in [1.807, 2.05) is 31.2 Å². The zero-order valence-electron chi connectivity index (χ0n) is 16.6. The Morgan fingerprint density at radius 3 is 2.70 bits per heavy atom. The molecular formula is C22H20N2O5S. The molecule has 30 heavy (non-hydrogen) atoms. The van der Waals surface area contributed by atoms with Crippen molar-refractivity contribution in [2.45, 2.75) is 20.5 Å². The van der Waals surface area contributed by atoms with E-state index < -0.39 is 5.97 Å². The van der Waals surface area contributed by atoms with E-state index in [0.29, 0.717) is 41.1 Å². The monoisotopic (exact) mass is 424 g/mol. The van der Waals surface area contributed by atoms with Crippen LogP contribution in [-0.2, 0) is 16.1 Å². The van der Waals surface area contributed by atoms with E-state index in [9.17, 15) is 9.59 Å². The molecule has 8 heteroatoms. The zero-order chi connectivity index (χ0) is 21.1. The fraction of sp³-hybridized carbons (Fsp3) is 0.227. The van der Waals surface area contributed by atoms with Gasteiger partial charge in [-0.1, -0.05) is 12.1 Å². The Kier molecular flexibility index (Phi) is 5.67. The lowest BCUT2D eigenvalue weighted by Gasteiger charge is -2.18. The number of nitrogens with zero attached hydrogens (tertiary/aromatic N) is 2. The van der Waals surface area contributed by atoms with Crippen LogP contribution in [0.25, 0.3) is 0 Å². The van der Waals surface area contributed by atoms with Crippen molar-refractivity contribution < 1.29 is 23.8 Å². The molecule has 0 bridgehead atoms. The van der Waals surface area contributed by atoms with Gasteiger partial charge in [-0.15, -0.1) is 11.3 Å². The number of aromatic nitrogens is 1. The largest absolute Gasteiger partial charge is 0.486 e. The number of anilines is 2. The summed E-state index contributed by atoms with van der Waals surface area (Å²) >= 11 is 1.32. The van der Waals surface area contributed by atoms with Crippen LogP contribution in [0.5, 0.6) is 11.5 Å². The second-order valence-electron chi connectivity index (χ2n) is 6.75. The van der Waals surface area contributed by atoms with Crippen LogP contribution in [0.15, 0.2) is 47.8 Å². The summed E-state index contributed by atoms with van der Waals surface area (Å²) in [6.45, 7) is 4.39. The third kappa shape index (κ3) is 4.28. The number of benzene rings is 2. The molecule has 3 aromatic rings. The highest BCUT2D eigenvalue weighted by Crippen LogP contribution is 2.32. The summed E-state index contributed by atoms with van der Waals surface area (Å²) in [6.07, 6.45) is 0. The zero-order valence-corrected chi connectivity index (χ0v) is 17.4. The van der Waals surface area contributed by atoms with E-state index >= 15 is 0 Å². The number of hydrogen-bond acceptors (Lipinski definition) is 7. The minimum absolute atomic E-state index is 0.00331. The molecule has 0 unspecified atom stereocenters. The normalized spacial score (nSPS) is 12.3. The van der Waals surface area contributed by atoms with Crippen LogP contribution in [0.3, 0.4) is 0 Å². The maximum Gasteiger partial charge on any atom is 0.338 e. The molecule has 1 amide bonds. The molecule has 2 aromatic carbocycles. The highest BCUT2D eigenvalue weighted by atomic mass is 32.1. The lowest BCUT2D eigenvalue weighted by molar-refractivity contribution is -0.115. The van der Waals surface area contributed by atoms with Gasteiger partial charge < -0.3 is 14.2 Å². The molecule has 2 heterocycles. The first-order chi connectivity index (χ1) is 14.5. The average Bonchev–Trinajstić information content (AvgIpc) is 3.20. The first-order valence-corrected chi connectivity index (χ1v) is 10.3. The Balaban J connectivity index is 1.45. The highest BCUT2D eigenvalue weighted by Gasteiger charge is 2.19. The highest BCUT2D eigenvalue weighted by molar-refractivity contribution is 7.14. The van der Waals surface area contributed by atoms with E-state index in [4.69, 9.17) is 14.2 Å². The standard InChI is InChI=1S/C22H20N2O5S/c1-14-4-3-5-18(10-14)24(15(2)25)22-23-17(13-30-22)12-29-21(26)16-6-7-19-20(11-16)28-9-8-27-19/h3-7,10-11,13H,8-9,12H2,1-2H3. The number of amides is 1. The van der Waals surface area contributed by atoms with Gasteiger partial charge in [-0.25, -0.2) is 9.78 Å². The second kappa shape index (κ2) is 8.54. The van der Waals surface area contributed by atoms with Crippen LogP contribution < -0.4 is 14.4 Å². The maximum absolute atomic E-state index is 12.4. The van der Waals surface area contributed by atoms with Gasteiger partial charge >= 0.3 is 5.97 Å². The number of esters is 1.